The molecule has 1 aliphatic heterocycles. The van der Waals surface area contributed by atoms with Gasteiger partial charge in [0.05, 0.1) is 20.6 Å². The number of carbonyl (C=O) groups excluding carboxylic acids is 1. The lowest BCUT2D eigenvalue weighted by atomic mass is 10.0. The third kappa shape index (κ3) is 2.07. The fraction of sp³-hybridized carbons (Fsp3) is 0.200. The first-order valence-corrected chi connectivity index (χ1v) is 6.22. The van der Waals surface area contributed by atoms with Crippen molar-refractivity contribution >= 4 is 11.7 Å². The Morgan fingerprint density at radius 2 is 1.90 bits per heavy atom. The molecule has 102 valence electrons. The van der Waals surface area contributed by atoms with Gasteiger partial charge in [-0.1, -0.05) is 6.07 Å². The Bertz CT molecular complexity index is 683. The summed E-state index contributed by atoms with van der Waals surface area (Å²) < 4.78 is 10.5. The second kappa shape index (κ2) is 4.85. The van der Waals surface area contributed by atoms with Crippen molar-refractivity contribution in [2.45, 2.75) is 6.42 Å². The molecule has 0 saturated heterocycles. The van der Waals surface area contributed by atoms with Crippen molar-refractivity contribution in [1.29, 1.82) is 0 Å². The molecule has 1 N–H and O–H groups in total. The molecular weight excluding hydrogens is 256 g/mol. The van der Waals surface area contributed by atoms with Crippen LogP contribution in [0.3, 0.4) is 0 Å². The third-order valence-electron chi connectivity index (χ3n) is 3.29. The van der Waals surface area contributed by atoms with E-state index >= 15 is 0 Å². The highest BCUT2D eigenvalue weighted by molar-refractivity contribution is 5.98. The number of rotatable bonds is 3. The number of hydrogen-bond acceptors (Lipinski definition) is 4. The van der Waals surface area contributed by atoms with Crippen LogP contribution in [0.1, 0.15) is 5.56 Å². The Kier molecular flexibility index (Phi) is 3.02. The van der Waals surface area contributed by atoms with Gasteiger partial charge >= 0.3 is 0 Å². The summed E-state index contributed by atoms with van der Waals surface area (Å²) in [5, 5.41) is 2.72. The van der Waals surface area contributed by atoms with Crippen LogP contribution in [-0.4, -0.2) is 25.1 Å². The molecule has 1 aliphatic rings. The van der Waals surface area contributed by atoms with E-state index in [4.69, 9.17) is 9.47 Å². The molecule has 5 heteroatoms. The summed E-state index contributed by atoms with van der Waals surface area (Å²) >= 11 is 0. The first-order chi connectivity index (χ1) is 9.71. The van der Waals surface area contributed by atoms with Crippen molar-refractivity contribution in [3.63, 3.8) is 0 Å². The highest BCUT2D eigenvalue weighted by atomic mass is 16.5. The number of pyridine rings is 1. The fourth-order valence-electron chi connectivity index (χ4n) is 2.28. The van der Waals surface area contributed by atoms with Crippen LogP contribution in [0.2, 0.25) is 0 Å². The molecule has 0 atom stereocenters. The van der Waals surface area contributed by atoms with E-state index in [-0.39, 0.29) is 5.91 Å². The van der Waals surface area contributed by atoms with Crippen LogP contribution in [0.15, 0.2) is 30.5 Å². The number of nitrogens with zero attached hydrogens (tertiary/aromatic N) is 1. The lowest BCUT2D eigenvalue weighted by molar-refractivity contribution is -0.115. The van der Waals surface area contributed by atoms with Gasteiger partial charge in [-0.2, -0.15) is 0 Å². The Morgan fingerprint density at radius 3 is 2.65 bits per heavy atom. The molecule has 0 radical (unpaired) electrons. The minimum atomic E-state index is -0.0167. The van der Waals surface area contributed by atoms with E-state index in [0.717, 1.165) is 16.7 Å². The Labute approximate surface area is 116 Å². The molecule has 0 aliphatic carbocycles. The highest BCUT2D eigenvalue weighted by Gasteiger charge is 2.19. The maximum atomic E-state index is 11.3. The van der Waals surface area contributed by atoms with Crippen LogP contribution in [0, 0.1) is 0 Å². The third-order valence-corrected chi connectivity index (χ3v) is 3.29. The second-order valence-corrected chi connectivity index (χ2v) is 4.53. The van der Waals surface area contributed by atoms with Crippen LogP contribution >= 0.6 is 0 Å². The Balaban J connectivity index is 2.01. The zero-order valence-electron chi connectivity index (χ0n) is 11.3. The minimum absolute atomic E-state index is 0.0167. The van der Waals surface area contributed by atoms with E-state index in [9.17, 15) is 4.79 Å². The number of ether oxygens (including phenoxy) is 2. The van der Waals surface area contributed by atoms with E-state index < -0.39 is 0 Å². The molecule has 2 aromatic rings. The number of fused-ring (bicyclic) bond motifs is 1. The molecule has 0 spiro atoms. The standard InChI is InChI=1S/C15H14N2O3/c1-19-12-4-3-9(6-13(12)20-2)11-5-10-7-14(18)17-15(10)16-8-11/h3-6,8H,7H2,1-2H3,(H,16,17,18). The van der Waals surface area contributed by atoms with E-state index in [1.165, 1.54) is 0 Å². The van der Waals surface area contributed by atoms with Gasteiger partial charge in [0.1, 0.15) is 5.82 Å². The van der Waals surface area contributed by atoms with Crippen molar-refractivity contribution in [3.8, 4) is 22.6 Å². The van der Waals surface area contributed by atoms with Crippen molar-refractivity contribution in [2.75, 3.05) is 19.5 Å². The van der Waals surface area contributed by atoms with E-state index in [2.05, 4.69) is 10.3 Å². The summed E-state index contributed by atoms with van der Waals surface area (Å²) in [4.78, 5) is 15.6. The van der Waals surface area contributed by atoms with E-state index in [1.54, 1.807) is 20.4 Å². The number of nitrogens with one attached hydrogen (secondary N) is 1. The quantitative estimate of drug-likeness (QED) is 0.929. The van der Waals surface area contributed by atoms with Crippen molar-refractivity contribution in [1.82, 2.24) is 4.98 Å². The van der Waals surface area contributed by atoms with Gasteiger partial charge < -0.3 is 14.8 Å². The molecule has 0 fully saturated rings. The molecule has 5 nitrogen and oxygen atoms in total. The summed E-state index contributed by atoms with van der Waals surface area (Å²) in [5.41, 5.74) is 2.83. The average molecular weight is 270 g/mol. The highest BCUT2D eigenvalue weighted by Crippen LogP contribution is 2.33. The molecule has 1 aromatic carbocycles. The topological polar surface area (TPSA) is 60.5 Å². The zero-order chi connectivity index (χ0) is 14.1. The molecule has 1 aromatic heterocycles. The van der Waals surface area contributed by atoms with Gasteiger partial charge in [-0.15, -0.1) is 0 Å². The van der Waals surface area contributed by atoms with Crippen LogP contribution in [0.4, 0.5) is 5.82 Å². The summed E-state index contributed by atoms with van der Waals surface area (Å²) in [6.45, 7) is 0. The normalized spacial score (nSPS) is 12.8. The summed E-state index contributed by atoms with van der Waals surface area (Å²) in [7, 11) is 3.21. The summed E-state index contributed by atoms with van der Waals surface area (Å²) in [5.74, 6) is 1.98. The van der Waals surface area contributed by atoms with Crippen LogP contribution in [0.25, 0.3) is 11.1 Å². The maximum Gasteiger partial charge on any atom is 0.230 e. The first kappa shape index (κ1) is 12.5. The van der Waals surface area contributed by atoms with Gasteiger partial charge in [0.15, 0.2) is 11.5 Å². The molecular formula is C15H14N2O3. The van der Waals surface area contributed by atoms with Crippen molar-refractivity contribution in [3.05, 3.63) is 36.0 Å². The smallest absolute Gasteiger partial charge is 0.230 e. The summed E-state index contributed by atoms with van der Waals surface area (Å²) in [6.07, 6.45) is 2.12. The monoisotopic (exact) mass is 270 g/mol. The van der Waals surface area contributed by atoms with Crippen LogP contribution < -0.4 is 14.8 Å². The van der Waals surface area contributed by atoms with Gasteiger partial charge in [-0.05, 0) is 23.8 Å². The molecule has 1 amide bonds. The van der Waals surface area contributed by atoms with Gasteiger partial charge in [0.25, 0.3) is 0 Å². The molecule has 0 saturated carbocycles. The van der Waals surface area contributed by atoms with Crippen molar-refractivity contribution < 1.29 is 14.3 Å². The van der Waals surface area contributed by atoms with Crippen LogP contribution in [-0.2, 0) is 11.2 Å². The molecule has 0 bridgehead atoms. The Hall–Kier alpha value is -2.56. The number of hydrogen-bond donors (Lipinski definition) is 1. The van der Waals surface area contributed by atoms with E-state index in [0.29, 0.717) is 23.7 Å². The largest absolute Gasteiger partial charge is 0.493 e. The lowest BCUT2D eigenvalue weighted by Crippen LogP contribution is -2.04. The average Bonchev–Trinajstić information content (AvgIpc) is 2.85. The predicted molar refractivity (Wildman–Crippen MR) is 75.1 cm³/mol. The number of methoxy groups -OCH3 is 2. The second-order valence-electron chi connectivity index (χ2n) is 4.53. The lowest BCUT2D eigenvalue weighted by Gasteiger charge is -2.10. The van der Waals surface area contributed by atoms with Crippen molar-refractivity contribution in [2.24, 2.45) is 0 Å². The summed E-state index contributed by atoms with van der Waals surface area (Å²) in [6, 6.07) is 7.66. The number of benzene rings is 1. The number of aromatic nitrogens is 1. The maximum absolute atomic E-state index is 11.3. The van der Waals surface area contributed by atoms with Gasteiger partial charge in [-0.3, -0.25) is 4.79 Å². The molecule has 0 unspecified atom stereocenters. The molecule has 20 heavy (non-hydrogen) atoms. The minimum Gasteiger partial charge on any atom is -0.493 e. The number of anilines is 1. The van der Waals surface area contributed by atoms with Gasteiger partial charge in [-0.25, -0.2) is 4.98 Å². The van der Waals surface area contributed by atoms with Gasteiger partial charge in [0.2, 0.25) is 5.91 Å². The van der Waals surface area contributed by atoms with Gasteiger partial charge in [0, 0.05) is 17.3 Å². The first-order valence-electron chi connectivity index (χ1n) is 6.22. The SMILES string of the molecule is COc1ccc(-c2cnc3c(c2)CC(=O)N3)cc1OC. The number of amides is 1. The molecule has 3 rings (SSSR count). The molecule has 2 heterocycles. The van der Waals surface area contributed by atoms with Crippen LogP contribution in [0.5, 0.6) is 11.5 Å². The number of carbonyl (C=O) groups is 1. The fourth-order valence-corrected chi connectivity index (χ4v) is 2.28. The predicted octanol–water partition coefficient (Wildman–Crippen LogP) is 2.26. The Morgan fingerprint density at radius 1 is 1.10 bits per heavy atom. The van der Waals surface area contributed by atoms with E-state index in [1.807, 2.05) is 24.3 Å². The zero-order valence-corrected chi connectivity index (χ0v) is 11.3.